The second-order valence-electron chi connectivity index (χ2n) is 3.41. The monoisotopic (exact) mass is 176 g/mol. The summed E-state index contributed by atoms with van der Waals surface area (Å²) in [6, 6.07) is 11.1. The molecule has 1 atom stereocenters. The Kier molecular flexibility index (Phi) is 2.34. The van der Waals surface area contributed by atoms with Crippen molar-refractivity contribution in [3.05, 3.63) is 35.9 Å². The maximum Gasteiger partial charge on any atom is 0.106 e. The summed E-state index contributed by atoms with van der Waals surface area (Å²) in [6.07, 6.45) is 1.05. The van der Waals surface area contributed by atoms with Crippen LogP contribution in [0.25, 0.3) is 0 Å². The number of methoxy groups -OCH3 is 1. The first-order chi connectivity index (χ1) is 6.37. The van der Waals surface area contributed by atoms with E-state index in [0.717, 1.165) is 19.5 Å². The van der Waals surface area contributed by atoms with Crippen LogP contribution in [-0.4, -0.2) is 20.2 Å². The SMILES string of the molecule is COC1(c2cc[c]cc2)CCNC1. The third kappa shape index (κ3) is 1.47. The molecule has 1 N–H and O–H groups in total. The quantitative estimate of drug-likeness (QED) is 0.734. The zero-order valence-corrected chi connectivity index (χ0v) is 7.84. The molecule has 1 aromatic rings. The van der Waals surface area contributed by atoms with E-state index in [1.807, 2.05) is 12.1 Å². The van der Waals surface area contributed by atoms with Crippen LogP contribution in [0, 0.1) is 6.07 Å². The molecule has 13 heavy (non-hydrogen) atoms. The van der Waals surface area contributed by atoms with Crippen LogP contribution in [0.5, 0.6) is 0 Å². The largest absolute Gasteiger partial charge is 0.372 e. The van der Waals surface area contributed by atoms with Crippen LogP contribution in [0.2, 0.25) is 0 Å². The number of hydrogen-bond acceptors (Lipinski definition) is 2. The lowest BCUT2D eigenvalue weighted by molar-refractivity contribution is 0.00325. The van der Waals surface area contributed by atoms with E-state index in [9.17, 15) is 0 Å². The fraction of sp³-hybridized carbons (Fsp3) is 0.455. The number of hydrogen-bond donors (Lipinski definition) is 1. The maximum atomic E-state index is 5.61. The van der Waals surface area contributed by atoms with E-state index in [4.69, 9.17) is 4.74 Å². The van der Waals surface area contributed by atoms with Gasteiger partial charge in [-0.3, -0.25) is 0 Å². The maximum absolute atomic E-state index is 5.61. The first kappa shape index (κ1) is 8.73. The third-order valence-corrected chi connectivity index (χ3v) is 2.75. The molecule has 1 aliphatic rings. The van der Waals surface area contributed by atoms with Crippen molar-refractivity contribution >= 4 is 0 Å². The number of ether oxygens (including phenoxy) is 1. The van der Waals surface area contributed by atoms with Gasteiger partial charge in [-0.15, -0.1) is 0 Å². The molecular weight excluding hydrogens is 162 g/mol. The summed E-state index contributed by atoms with van der Waals surface area (Å²) in [7, 11) is 1.78. The molecule has 0 aromatic heterocycles. The van der Waals surface area contributed by atoms with Gasteiger partial charge in [-0.1, -0.05) is 24.3 Å². The molecule has 1 heterocycles. The molecule has 1 aliphatic heterocycles. The van der Waals surface area contributed by atoms with Crippen molar-refractivity contribution in [1.29, 1.82) is 0 Å². The highest BCUT2D eigenvalue weighted by atomic mass is 16.5. The Morgan fingerprint density at radius 1 is 1.46 bits per heavy atom. The number of benzene rings is 1. The summed E-state index contributed by atoms with van der Waals surface area (Å²) in [4.78, 5) is 0. The lowest BCUT2D eigenvalue weighted by Gasteiger charge is -2.26. The predicted molar refractivity (Wildman–Crippen MR) is 51.5 cm³/mol. The van der Waals surface area contributed by atoms with E-state index in [1.165, 1.54) is 5.56 Å². The second kappa shape index (κ2) is 3.48. The van der Waals surface area contributed by atoms with E-state index in [1.54, 1.807) is 7.11 Å². The van der Waals surface area contributed by atoms with Crippen molar-refractivity contribution in [1.82, 2.24) is 5.32 Å². The first-order valence-electron chi connectivity index (χ1n) is 4.60. The third-order valence-electron chi connectivity index (χ3n) is 2.75. The topological polar surface area (TPSA) is 21.3 Å². The van der Waals surface area contributed by atoms with Gasteiger partial charge in [-0.25, -0.2) is 0 Å². The van der Waals surface area contributed by atoms with Crippen molar-refractivity contribution < 1.29 is 4.74 Å². The van der Waals surface area contributed by atoms with Crippen LogP contribution < -0.4 is 5.32 Å². The Bertz CT molecular complexity index is 265. The van der Waals surface area contributed by atoms with Gasteiger partial charge < -0.3 is 10.1 Å². The fourth-order valence-corrected chi connectivity index (χ4v) is 1.90. The summed E-state index contributed by atoms with van der Waals surface area (Å²) in [5, 5.41) is 3.33. The van der Waals surface area contributed by atoms with Crippen LogP contribution in [0.15, 0.2) is 24.3 Å². The Labute approximate surface area is 78.9 Å². The van der Waals surface area contributed by atoms with Crippen molar-refractivity contribution in [3.8, 4) is 0 Å². The predicted octanol–water partition coefficient (Wildman–Crippen LogP) is 1.32. The average Bonchev–Trinajstić information content (AvgIpc) is 2.69. The van der Waals surface area contributed by atoms with Crippen molar-refractivity contribution in [2.75, 3.05) is 20.2 Å². The Balaban J connectivity index is 2.31. The Hall–Kier alpha value is -0.860. The highest BCUT2D eigenvalue weighted by Crippen LogP contribution is 2.30. The molecule has 2 rings (SSSR count). The molecule has 1 unspecified atom stereocenters. The fourth-order valence-electron chi connectivity index (χ4n) is 1.90. The summed E-state index contributed by atoms with van der Waals surface area (Å²) in [5.74, 6) is 0. The molecule has 2 heteroatoms. The molecule has 69 valence electrons. The lowest BCUT2D eigenvalue weighted by Crippen LogP contribution is -2.30. The lowest BCUT2D eigenvalue weighted by atomic mass is 9.93. The van der Waals surface area contributed by atoms with Gasteiger partial charge in [-0.05, 0) is 24.6 Å². The highest BCUT2D eigenvalue weighted by molar-refractivity contribution is 5.24. The van der Waals surface area contributed by atoms with Gasteiger partial charge >= 0.3 is 0 Å². The van der Waals surface area contributed by atoms with Gasteiger partial charge in [0, 0.05) is 13.7 Å². The van der Waals surface area contributed by atoms with Crippen LogP contribution in [-0.2, 0) is 10.3 Å². The minimum atomic E-state index is -0.102. The zero-order valence-electron chi connectivity index (χ0n) is 7.84. The minimum absolute atomic E-state index is 0.102. The molecule has 1 aromatic carbocycles. The molecular formula is C11H14NO. The van der Waals surface area contributed by atoms with Gasteiger partial charge in [0.25, 0.3) is 0 Å². The molecule has 0 amide bonds. The van der Waals surface area contributed by atoms with E-state index in [0.29, 0.717) is 0 Å². The van der Waals surface area contributed by atoms with Crippen molar-refractivity contribution in [2.45, 2.75) is 12.0 Å². The molecule has 1 radical (unpaired) electrons. The van der Waals surface area contributed by atoms with Gasteiger partial charge in [0.05, 0.1) is 0 Å². The zero-order chi connectivity index (χ0) is 9.15. The van der Waals surface area contributed by atoms with E-state index in [2.05, 4.69) is 23.5 Å². The normalized spacial score (nSPS) is 27.8. The average molecular weight is 176 g/mol. The number of nitrogens with one attached hydrogen (secondary N) is 1. The van der Waals surface area contributed by atoms with Crippen molar-refractivity contribution in [2.24, 2.45) is 0 Å². The molecule has 0 bridgehead atoms. The molecule has 1 saturated heterocycles. The van der Waals surface area contributed by atoms with Gasteiger partial charge in [0.15, 0.2) is 0 Å². The Morgan fingerprint density at radius 2 is 2.23 bits per heavy atom. The standard InChI is InChI=1S/C11H14NO/c1-13-11(7-8-12-9-11)10-5-3-2-4-6-10/h3-6,12H,7-9H2,1H3. The summed E-state index contributed by atoms with van der Waals surface area (Å²) in [6.45, 7) is 1.94. The van der Waals surface area contributed by atoms with Gasteiger partial charge in [-0.2, -0.15) is 0 Å². The van der Waals surface area contributed by atoms with E-state index >= 15 is 0 Å². The van der Waals surface area contributed by atoms with Gasteiger partial charge in [0.1, 0.15) is 5.60 Å². The van der Waals surface area contributed by atoms with Crippen LogP contribution >= 0.6 is 0 Å². The van der Waals surface area contributed by atoms with Crippen LogP contribution in [0.4, 0.5) is 0 Å². The number of rotatable bonds is 2. The Morgan fingerprint density at radius 3 is 2.77 bits per heavy atom. The van der Waals surface area contributed by atoms with Crippen molar-refractivity contribution in [3.63, 3.8) is 0 Å². The van der Waals surface area contributed by atoms with Crippen LogP contribution in [0.3, 0.4) is 0 Å². The summed E-state index contributed by atoms with van der Waals surface area (Å²) >= 11 is 0. The molecule has 0 aliphatic carbocycles. The summed E-state index contributed by atoms with van der Waals surface area (Å²) in [5.41, 5.74) is 1.15. The molecule has 1 fully saturated rings. The van der Waals surface area contributed by atoms with Gasteiger partial charge in [0.2, 0.25) is 0 Å². The second-order valence-corrected chi connectivity index (χ2v) is 3.41. The summed E-state index contributed by atoms with van der Waals surface area (Å²) < 4.78 is 5.61. The van der Waals surface area contributed by atoms with E-state index < -0.39 is 0 Å². The molecule has 0 saturated carbocycles. The van der Waals surface area contributed by atoms with E-state index in [-0.39, 0.29) is 5.60 Å². The molecule has 2 nitrogen and oxygen atoms in total. The highest BCUT2D eigenvalue weighted by Gasteiger charge is 2.35. The molecule has 0 spiro atoms. The smallest absolute Gasteiger partial charge is 0.106 e. The first-order valence-corrected chi connectivity index (χ1v) is 4.60. The van der Waals surface area contributed by atoms with Crippen LogP contribution in [0.1, 0.15) is 12.0 Å². The minimum Gasteiger partial charge on any atom is -0.372 e.